The summed E-state index contributed by atoms with van der Waals surface area (Å²) in [5.74, 6) is 0.438. The molecule has 1 amide bonds. The predicted octanol–water partition coefficient (Wildman–Crippen LogP) is 1.89. The number of hydrogen-bond acceptors (Lipinski definition) is 4. The van der Waals surface area contributed by atoms with Crippen LogP contribution in [0.25, 0.3) is 0 Å². The number of rotatable bonds is 5. The quantitative estimate of drug-likeness (QED) is 0.865. The number of nitrogens with one attached hydrogen (secondary N) is 1. The van der Waals surface area contributed by atoms with Crippen molar-refractivity contribution in [1.29, 1.82) is 0 Å². The van der Waals surface area contributed by atoms with Crippen LogP contribution in [0.5, 0.6) is 0 Å². The minimum atomic E-state index is 0.0918. The Hall–Kier alpha value is -1.43. The molecule has 1 aromatic rings. The topological polar surface area (TPSA) is 61.6 Å². The summed E-state index contributed by atoms with van der Waals surface area (Å²) in [7, 11) is 2.17. The normalized spacial score (nSPS) is 25.8. The minimum Gasteiger partial charge on any atom is -0.327 e. The van der Waals surface area contributed by atoms with E-state index < -0.39 is 0 Å². The van der Waals surface area contributed by atoms with Crippen molar-refractivity contribution in [2.45, 2.75) is 38.3 Å². The van der Waals surface area contributed by atoms with Crippen LogP contribution in [-0.4, -0.2) is 55.0 Å². The van der Waals surface area contributed by atoms with Gasteiger partial charge in [0.1, 0.15) is 0 Å². The van der Waals surface area contributed by atoms with Crippen LogP contribution in [0.3, 0.4) is 0 Å². The van der Waals surface area contributed by atoms with Crippen LogP contribution in [-0.2, 0) is 11.3 Å². The lowest BCUT2D eigenvalue weighted by atomic mass is 10.00. The molecule has 132 valence electrons. The second kappa shape index (κ2) is 8.10. The zero-order valence-electron chi connectivity index (χ0n) is 14.7. The van der Waals surface area contributed by atoms with Gasteiger partial charge in [0.2, 0.25) is 5.91 Å². The van der Waals surface area contributed by atoms with Crippen LogP contribution in [0.2, 0.25) is 0 Å². The highest BCUT2D eigenvalue weighted by Gasteiger charge is 2.26. The molecule has 5 nitrogen and oxygen atoms in total. The monoisotopic (exact) mass is 330 g/mol. The second-order valence-electron chi connectivity index (χ2n) is 7.39. The number of likely N-dealkylation sites (N-methyl/N-ethyl adjacent to an activating group) is 1. The van der Waals surface area contributed by atoms with E-state index in [1.54, 1.807) is 0 Å². The molecule has 1 aliphatic carbocycles. The van der Waals surface area contributed by atoms with Gasteiger partial charge in [0.25, 0.3) is 0 Å². The minimum absolute atomic E-state index is 0.0918. The molecule has 0 unspecified atom stereocenters. The van der Waals surface area contributed by atoms with E-state index in [0.717, 1.165) is 57.7 Å². The van der Waals surface area contributed by atoms with Gasteiger partial charge in [0.05, 0.1) is 0 Å². The zero-order valence-corrected chi connectivity index (χ0v) is 14.7. The van der Waals surface area contributed by atoms with E-state index in [-0.39, 0.29) is 11.9 Å². The van der Waals surface area contributed by atoms with Crippen molar-refractivity contribution in [1.82, 2.24) is 9.80 Å². The Bertz CT molecular complexity index is 554. The van der Waals surface area contributed by atoms with Crippen molar-refractivity contribution >= 4 is 11.6 Å². The third kappa shape index (κ3) is 4.79. The maximum Gasteiger partial charge on any atom is 0.224 e. The van der Waals surface area contributed by atoms with Crippen LogP contribution in [0.4, 0.5) is 5.69 Å². The third-order valence-electron chi connectivity index (χ3n) is 5.38. The average molecular weight is 330 g/mol. The number of nitrogens with zero attached hydrogens (tertiary/aromatic N) is 2. The van der Waals surface area contributed by atoms with Crippen molar-refractivity contribution in [3.05, 3.63) is 29.8 Å². The number of nitrogens with two attached hydrogens (primary N) is 1. The molecule has 3 N–H and O–H groups in total. The van der Waals surface area contributed by atoms with E-state index in [1.165, 1.54) is 5.56 Å². The van der Waals surface area contributed by atoms with Gasteiger partial charge in [-0.2, -0.15) is 0 Å². The highest BCUT2D eigenvalue weighted by atomic mass is 16.1. The van der Waals surface area contributed by atoms with Gasteiger partial charge < -0.3 is 16.0 Å². The number of amides is 1. The molecule has 0 spiro atoms. The number of carbonyl (C=O) groups is 1. The Morgan fingerprint density at radius 2 is 2.04 bits per heavy atom. The highest BCUT2D eigenvalue weighted by molar-refractivity contribution is 5.91. The first-order valence-electron chi connectivity index (χ1n) is 9.15. The van der Waals surface area contributed by atoms with Crippen LogP contribution in [0, 0.1) is 5.92 Å². The Morgan fingerprint density at radius 1 is 1.25 bits per heavy atom. The van der Waals surface area contributed by atoms with Crippen LogP contribution in [0.1, 0.15) is 31.2 Å². The summed E-state index contributed by atoms with van der Waals surface area (Å²) in [6, 6.07) is 8.44. The van der Waals surface area contributed by atoms with E-state index >= 15 is 0 Å². The van der Waals surface area contributed by atoms with Gasteiger partial charge in [0.15, 0.2) is 0 Å². The lowest BCUT2D eigenvalue weighted by Crippen LogP contribution is -2.43. The number of benzene rings is 1. The molecule has 5 heteroatoms. The average Bonchev–Trinajstić information content (AvgIpc) is 2.95. The van der Waals surface area contributed by atoms with Gasteiger partial charge in [0, 0.05) is 50.9 Å². The Labute approximate surface area is 145 Å². The third-order valence-corrected chi connectivity index (χ3v) is 5.38. The second-order valence-corrected chi connectivity index (χ2v) is 7.39. The SMILES string of the molecule is CN1CCN(Cc2cccc(NC(=O)C[C@@H]3CCC[C@H]3N)c2)CC1. The zero-order chi connectivity index (χ0) is 16.9. The molecular formula is C19H30N4O. The molecular weight excluding hydrogens is 300 g/mol. The molecule has 1 heterocycles. The van der Waals surface area contributed by atoms with Gasteiger partial charge in [-0.15, -0.1) is 0 Å². The molecule has 1 saturated carbocycles. The van der Waals surface area contributed by atoms with Crippen molar-refractivity contribution in [2.75, 3.05) is 38.5 Å². The molecule has 1 aliphatic heterocycles. The van der Waals surface area contributed by atoms with Crippen molar-refractivity contribution < 1.29 is 4.79 Å². The summed E-state index contributed by atoms with van der Waals surface area (Å²) in [5.41, 5.74) is 8.23. The molecule has 2 fully saturated rings. The van der Waals surface area contributed by atoms with E-state index in [0.29, 0.717) is 12.3 Å². The molecule has 24 heavy (non-hydrogen) atoms. The van der Waals surface area contributed by atoms with Gasteiger partial charge >= 0.3 is 0 Å². The highest BCUT2D eigenvalue weighted by Crippen LogP contribution is 2.27. The molecule has 0 bridgehead atoms. The number of anilines is 1. The van der Waals surface area contributed by atoms with Crippen molar-refractivity contribution in [2.24, 2.45) is 11.7 Å². The number of hydrogen-bond donors (Lipinski definition) is 2. The first-order chi connectivity index (χ1) is 11.6. The molecule has 2 atom stereocenters. The van der Waals surface area contributed by atoms with Crippen LogP contribution in [0.15, 0.2) is 24.3 Å². The van der Waals surface area contributed by atoms with Crippen LogP contribution >= 0.6 is 0 Å². The van der Waals surface area contributed by atoms with E-state index in [2.05, 4.69) is 34.3 Å². The Morgan fingerprint density at radius 3 is 2.75 bits per heavy atom. The molecule has 2 aliphatic rings. The van der Waals surface area contributed by atoms with E-state index in [4.69, 9.17) is 5.73 Å². The molecule has 1 aromatic carbocycles. The lowest BCUT2D eigenvalue weighted by molar-refractivity contribution is -0.117. The standard InChI is InChI=1S/C19H30N4O/c1-22-8-10-23(11-9-22)14-15-4-2-6-17(12-15)21-19(24)13-16-5-3-7-18(16)20/h2,4,6,12,16,18H,3,5,7-11,13-14,20H2,1H3,(H,21,24)/t16-,18+/m0/s1. The molecule has 3 rings (SSSR count). The van der Waals surface area contributed by atoms with Crippen molar-refractivity contribution in [3.63, 3.8) is 0 Å². The smallest absolute Gasteiger partial charge is 0.224 e. The predicted molar refractivity (Wildman–Crippen MR) is 97.8 cm³/mol. The summed E-state index contributed by atoms with van der Waals surface area (Å²) >= 11 is 0. The number of piperazine rings is 1. The van der Waals surface area contributed by atoms with E-state index in [9.17, 15) is 4.79 Å². The summed E-state index contributed by atoms with van der Waals surface area (Å²) in [6.45, 7) is 5.40. The van der Waals surface area contributed by atoms with E-state index in [1.807, 2.05) is 12.1 Å². The molecule has 0 aromatic heterocycles. The fourth-order valence-electron chi connectivity index (χ4n) is 3.78. The summed E-state index contributed by atoms with van der Waals surface area (Å²) in [6.07, 6.45) is 3.83. The van der Waals surface area contributed by atoms with Crippen molar-refractivity contribution in [3.8, 4) is 0 Å². The first-order valence-corrected chi connectivity index (χ1v) is 9.15. The van der Waals surface area contributed by atoms with Crippen LogP contribution < -0.4 is 11.1 Å². The Kier molecular flexibility index (Phi) is 5.87. The largest absolute Gasteiger partial charge is 0.327 e. The molecule has 0 radical (unpaired) electrons. The Balaban J connectivity index is 1.52. The molecule has 1 saturated heterocycles. The summed E-state index contributed by atoms with van der Waals surface area (Å²) in [5, 5.41) is 3.05. The van der Waals surface area contributed by atoms with Gasteiger partial charge in [-0.1, -0.05) is 18.6 Å². The maximum absolute atomic E-state index is 12.3. The summed E-state index contributed by atoms with van der Waals surface area (Å²) < 4.78 is 0. The van der Waals surface area contributed by atoms with Gasteiger partial charge in [-0.05, 0) is 43.5 Å². The van der Waals surface area contributed by atoms with Gasteiger partial charge in [-0.3, -0.25) is 9.69 Å². The number of carbonyl (C=O) groups excluding carboxylic acids is 1. The fourth-order valence-corrected chi connectivity index (χ4v) is 3.78. The lowest BCUT2D eigenvalue weighted by Gasteiger charge is -2.32. The maximum atomic E-state index is 12.3. The first kappa shape index (κ1) is 17.4. The summed E-state index contributed by atoms with van der Waals surface area (Å²) in [4.78, 5) is 17.1. The fraction of sp³-hybridized carbons (Fsp3) is 0.632. The van der Waals surface area contributed by atoms with Gasteiger partial charge in [-0.25, -0.2) is 0 Å².